The van der Waals surface area contributed by atoms with Crippen molar-refractivity contribution in [3.05, 3.63) is 52.8 Å². The number of ether oxygens (including phenoxy) is 2. The molecule has 2 aromatic carbocycles. The zero-order valence-corrected chi connectivity index (χ0v) is 17.0. The van der Waals surface area contributed by atoms with Crippen LogP contribution < -0.4 is 10.1 Å². The van der Waals surface area contributed by atoms with Gasteiger partial charge in [0.05, 0.1) is 40.7 Å². The van der Waals surface area contributed by atoms with Crippen molar-refractivity contribution in [1.82, 2.24) is 9.55 Å². The maximum Gasteiger partial charge on any atom is 0.387 e. The normalized spacial score (nSPS) is 11.2. The van der Waals surface area contributed by atoms with Crippen molar-refractivity contribution >= 4 is 40.2 Å². The van der Waals surface area contributed by atoms with Gasteiger partial charge in [0.15, 0.2) is 5.75 Å². The molecule has 0 spiro atoms. The molecule has 0 radical (unpaired) electrons. The van der Waals surface area contributed by atoms with Gasteiger partial charge in [0, 0.05) is 11.6 Å². The van der Waals surface area contributed by atoms with E-state index in [4.69, 9.17) is 16.3 Å². The number of aromatic nitrogens is 2. The average molecular weight is 438 g/mol. The largest absolute Gasteiger partial charge is 0.465 e. The lowest BCUT2D eigenvalue weighted by atomic mass is 10.1. The number of nitrogens with one attached hydrogen (secondary N) is 1. The smallest absolute Gasteiger partial charge is 0.387 e. The van der Waals surface area contributed by atoms with Crippen molar-refractivity contribution in [2.24, 2.45) is 0 Å². The Morgan fingerprint density at radius 3 is 2.60 bits per heavy atom. The first-order valence-corrected chi connectivity index (χ1v) is 9.24. The molecule has 3 rings (SSSR count). The second-order valence-corrected chi connectivity index (χ2v) is 6.99. The van der Waals surface area contributed by atoms with Gasteiger partial charge in [0.2, 0.25) is 0 Å². The summed E-state index contributed by atoms with van der Waals surface area (Å²) in [6, 6.07) is 7.07. The van der Waals surface area contributed by atoms with E-state index < -0.39 is 18.5 Å². The van der Waals surface area contributed by atoms with Crippen molar-refractivity contribution < 1.29 is 27.8 Å². The highest BCUT2D eigenvalue weighted by molar-refractivity contribution is 6.32. The van der Waals surface area contributed by atoms with Gasteiger partial charge in [-0.1, -0.05) is 17.7 Å². The summed E-state index contributed by atoms with van der Waals surface area (Å²) < 4.78 is 36.5. The molecular weight excluding hydrogens is 420 g/mol. The van der Waals surface area contributed by atoms with Crippen LogP contribution in [0.15, 0.2) is 36.7 Å². The molecule has 30 heavy (non-hydrogen) atoms. The van der Waals surface area contributed by atoms with Gasteiger partial charge < -0.3 is 19.4 Å². The third-order valence-corrected chi connectivity index (χ3v) is 4.61. The number of benzene rings is 2. The monoisotopic (exact) mass is 437 g/mol. The lowest BCUT2D eigenvalue weighted by Crippen LogP contribution is -2.16. The molecule has 0 aliphatic carbocycles. The number of esters is 1. The van der Waals surface area contributed by atoms with Gasteiger partial charge in [-0.15, -0.1) is 0 Å². The Bertz CT molecular complexity index is 1110. The molecule has 1 amide bonds. The maximum absolute atomic E-state index is 12.8. The minimum absolute atomic E-state index is 0.0126. The fourth-order valence-electron chi connectivity index (χ4n) is 2.97. The van der Waals surface area contributed by atoms with E-state index in [1.165, 1.54) is 37.4 Å². The van der Waals surface area contributed by atoms with Gasteiger partial charge in [-0.3, -0.25) is 4.79 Å². The minimum Gasteiger partial charge on any atom is -0.465 e. The van der Waals surface area contributed by atoms with Crippen molar-refractivity contribution in [3.8, 4) is 5.75 Å². The number of para-hydroxylation sites is 1. The first kappa shape index (κ1) is 21.5. The van der Waals surface area contributed by atoms with E-state index in [2.05, 4.69) is 15.0 Å². The molecule has 0 fully saturated rings. The molecule has 0 atom stereocenters. The maximum atomic E-state index is 12.8. The number of amides is 1. The van der Waals surface area contributed by atoms with Crippen molar-refractivity contribution in [3.63, 3.8) is 0 Å². The topological polar surface area (TPSA) is 82.5 Å². The van der Waals surface area contributed by atoms with Crippen molar-refractivity contribution in [1.29, 1.82) is 0 Å². The van der Waals surface area contributed by atoms with E-state index in [0.717, 1.165) is 0 Å². The van der Waals surface area contributed by atoms with E-state index in [9.17, 15) is 18.4 Å². The predicted octanol–water partition coefficient (Wildman–Crippen LogP) is 4.91. The number of methoxy groups -OCH3 is 1. The Balaban J connectivity index is 2.05. The number of hydrogen-bond acceptors (Lipinski definition) is 5. The minimum atomic E-state index is -3.12. The zero-order chi connectivity index (χ0) is 22.0. The highest BCUT2D eigenvalue weighted by atomic mass is 35.5. The van der Waals surface area contributed by atoms with Crippen LogP contribution in [-0.4, -0.2) is 35.1 Å². The number of rotatable bonds is 6. The number of carbonyl (C=O) groups is 2. The first-order valence-electron chi connectivity index (χ1n) is 8.86. The van der Waals surface area contributed by atoms with Crippen LogP contribution in [0, 0.1) is 0 Å². The van der Waals surface area contributed by atoms with Gasteiger partial charge in [0.25, 0.3) is 5.91 Å². The summed E-state index contributed by atoms with van der Waals surface area (Å²) in [7, 11) is 1.23. The molecule has 10 heteroatoms. The summed E-state index contributed by atoms with van der Waals surface area (Å²) in [6.07, 6.45) is 1.56. The Morgan fingerprint density at radius 1 is 1.23 bits per heavy atom. The molecule has 1 heterocycles. The lowest BCUT2D eigenvalue weighted by molar-refractivity contribution is -0.0493. The molecule has 0 unspecified atom stereocenters. The fourth-order valence-corrected chi connectivity index (χ4v) is 3.19. The summed E-state index contributed by atoms with van der Waals surface area (Å²) in [5, 5.41) is 2.39. The van der Waals surface area contributed by atoms with Crippen LogP contribution in [0.3, 0.4) is 0 Å². The molecule has 1 aromatic heterocycles. The Morgan fingerprint density at radius 2 is 1.97 bits per heavy atom. The third kappa shape index (κ3) is 4.20. The van der Waals surface area contributed by atoms with Crippen LogP contribution in [0.25, 0.3) is 11.0 Å². The van der Waals surface area contributed by atoms with Gasteiger partial charge >= 0.3 is 12.6 Å². The second-order valence-electron chi connectivity index (χ2n) is 6.58. The van der Waals surface area contributed by atoms with Crippen LogP contribution in [0.1, 0.15) is 40.6 Å². The molecule has 158 valence electrons. The summed E-state index contributed by atoms with van der Waals surface area (Å²) in [4.78, 5) is 29.4. The number of anilines is 1. The van der Waals surface area contributed by atoms with E-state index in [0.29, 0.717) is 11.0 Å². The van der Waals surface area contributed by atoms with Gasteiger partial charge in [-0.05, 0) is 38.1 Å². The number of nitrogens with zero attached hydrogens (tertiary/aromatic N) is 2. The van der Waals surface area contributed by atoms with Gasteiger partial charge in [0.1, 0.15) is 0 Å². The first-order chi connectivity index (χ1) is 14.2. The summed E-state index contributed by atoms with van der Waals surface area (Å²) in [5.74, 6) is -1.66. The second kappa shape index (κ2) is 8.66. The molecule has 3 aromatic rings. The highest BCUT2D eigenvalue weighted by Gasteiger charge is 2.22. The molecular formula is C20H18ClF2N3O4. The molecule has 0 aliphatic rings. The fraction of sp³-hybridized carbons (Fsp3) is 0.250. The molecule has 1 N–H and O–H groups in total. The third-order valence-electron chi connectivity index (χ3n) is 4.32. The molecule has 0 saturated heterocycles. The lowest BCUT2D eigenvalue weighted by Gasteiger charge is -2.14. The Kier molecular flexibility index (Phi) is 6.21. The van der Waals surface area contributed by atoms with Crippen LogP contribution in [0.4, 0.5) is 14.5 Å². The molecule has 0 aliphatic heterocycles. The Labute approximate surface area is 175 Å². The highest BCUT2D eigenvalue weighted by Crippen LogP contribution is 2.34. The van der Waals surface area contributed by atoms with Gasteiger partial charge in [-0.25, -0.2) is 9.78 Å². The number of alkyl halides is 2. The van der Waals surface area contributed by atoms with Crippen LogP contribution in [-0.2, 0) is 4.74 Å². The standard InChI is InChI=1S/C20H18ClF2N3O4/c1-10(2)26-9-24-15-8-11(7-12(16(15)26)19(28)29-3)18(27)25-14-6-4-5-13(21)17(14)30-20(22)23/h4-10,20H,1-3H3,(H,25,27). The Hall–Kier alpha value is -3.20. The number of imidazole rings is 1. The number of fused-ring (bicyclic) bond motifs is 1. The predicted molar refractivity (Wildman–Crippen MR) is 107 cm³/mol. The van der Waals surface area contributed by atoms with Crippen LogP contribution in [0.5, 0.6) is 5.75 Å². The average Bonchev–Trinajstić information content (AvgIpc) is 3.13. The van der Waals surface area contributed by atoms with E-state index >= 15 is 0 Å². The van der Waals surface area contributed by atoms with E-state index in [1.54, 1.807) is 10.9 Å². The van der Waals surface area contributed by atoms with E-state index in [1.807, 2.05) is 13.8 Å². The number of halogens is 3. The van der Waals surface area contributed by atoms with E-state index in [-0.39, 0.29) is 33.6 Å². The summed E-state index contributed by atoms with van der Waals surface area (Å²) in [5.41, 5.74) is 1.13. The van der Waals surface area contributed by atoms with Gasteiger partial charge in [-0.2, -0.15) is 8.78 Å². The molecule has 7 nitrogen and oxygen atoms in total. The van der Waals surface area contributed by atoms with Crippen molar-refractivity contribution in [2.45, 2.75) is 26.5 Å². The van der Waals surface area contributed by atoms with Crippen molar-refractivity contribution in [2.75, 3.05) is 12.4 Å². The quantitative estimate of drug-likeness (QED) is 0.554. The zero-order valence-electron chi connectivity index (χ0n) is 16.3. The SMILES string of the molecule is COC(=O)c1cc(C(=O)Nc2cccc(Cl)c2OC(F)F)cc2ncn(C(C)C)c12. The van der Waals surface area contributed by atoms with Crippen LogP contribution in [0.2, 0.25) is 5.02 Å². The number of carbonyl (C=O) groups excluding carboxylic acids is 2. The van der Waals surface area contributed by atoms with Crippen LogP contribution >= 0.6 is 11.6 Å². The number of hydrogen-bond donors (Lipinski definition) is 1. The summed E-state index contributed by atoms with van der Waals surface area (Å²) >= 11 is 5.92. The molecule has 0 saturated carbocycles. The molecule has 0 bridgehead atoms. The summed E-state index contributed by atoms with van der Waals surface area (Å²) in [6.45, 7) is 0.724.